The van der Waals surface area contributed by atoms with Crippen LogP contribution in [-0.4, -0.2) is 0 Å². The molecule has 1 aliphatic rings. The van der Waals surface area contributed by atoms with Gasteiger partial charge < -0.3 is 5.32 Å². The molecule has 0 aliphatic heterocycles. The fourth-order valence-corrected chi connectivity index (χ4v) is 6.29. The lowest BCUT2D eigenvalue weighted by Gasteiger charge is -2.34. The molecule has 39 heavy (non-hydrogen) atoms. The number of hydrogen-bond acceptors (Lipinski definition) is 1. The molecular weight excluding hydrogens is 470 g/mol. The van der Waals surface area contributed by atoms with Crippen LogP contribution in [0.25, 0.3) is 11.1 Å². The van der Waals surface area contributed by atoms with E-state index in [9.17, 15) is 0 Å². The van der Waals surface area contributed by atoms with Crippen molar-refractivity contribution >= 4 is 11.4 Å². The molecule has 1 aliphatic carbocycles. The predicted molar refractivity (Wildman–Crippen MR) is 163 cm³/mol. The Hall–Kier alpha value is -4.88. The average molecular weight is 500 g/mol. The van der Waals surface area contributed by atoms with Crippen LogP contribution < -0.4 is 5.32 Å². The molecule has 1 nitrogen and oxygen atoms in total. The van der Waals surface area contributed by atoms with Gasteiger partial charge >= 0.3 is 0 Å². The zero-order valence-electron chi connectivity index (χ0n) is 21.7. The van der Waals surface area contributed by atoms with Gasteiger partial charge in [0.25, 0.3) is 0 Å². The normalized spacial score (nSPS) is 12.9. The summed E-state index contributed by atoms with van der Waals surface area (Å²) in [6.45, 7) is 0. The van der Waals surface area contributed by atoms with E-state index in [4.69, 9.17) is 0 Å². The van der Waals surface area contributed by atoms with Crippen molar-refractivity contribution in [2.45, 2.75) is 11.8 Å². The highest BCUT2D eigenvalue weighted by Crippen LogP contribution is 2.56. The van der Waals surface area contributed by atoms with E-state index >= 15 is 0 Å². The van der Waals surface area contributed by atoms with Gasteiger partial charge in [0.1, 0.15) is 0 Å². The molecule has 0 heterocycles. The van der Waals surface area contributed by atoms with Crippen LogP contribution in [0.5, 0.6) is 0 Å². The first-order valence-electron chi connectivity index (χ1n) is 13.6. The molecule has 0 saturated heterocycles. The van der Waals surface area contributed by atoms with Crippen molar-refractivity contribution < 1.29 is 0 Å². The number of benzene rings is 6. The Morgan fingerprint density at radius 2 is 1.03 bits per heavy atom. The minimum atomic E-state index is -0.393. The van der Waals surface area contributed by atoms with E-state index in [1.807, 2.05) is 0 Å². The van der Waals surface area contributed by atoms with Crippen LogP contribution in [0, 0.1) is 0 Å². The van der Waals surface area contributed by atoms with Gasteiger partial charge in [-0.15, -0.1) is 0 Å². The summed E-state index contributed by atoms with van der Waals surface area (Å²) < 4.78 is 0. The Morgan fingerprint density at radius 1 is 0.462 bits per heavy atom. The van der Waals surface area contributed by atoms with E-state index in [0.29, 0.717) is 0 Å². The van der Waals surface area contributed by atoms with E-state index in [0.717, 1.165) is 17.8 Å². The van der Waals surface area contributed by atoms with E-state index in [1.54, 1.807) is 0 Å². The first-order chi connectivity index (χ1) is 19.3. The summed E-state index contributed by atoms with van der Waals surface area (Å²) in [4.78, 5) is 0. The molecule has 0 atom stereocenters. The smallest absolute Gasteiger partial charge is 0.0714 e. The molecule has 0 bridgehead atoms. The van der Waals surface area contributed by atoms with Crippen LogP contribution in [0.4, 0.5) is 11.4 Å². The standard InChI is InChI=1S/C38H29N/c1-4-14-28(15-5-1)26-29-16-10-13-23-37(29)39-32-24-25-34-33-21-11-12-22-35(33)38(36(34)27-32,30-17-6-2-7-18-30)31-19-8-3-9-20-31/h1-25,27,39H,26H2. The average Bonchev–Trinajstić information content (AvgIpc) is 3.30. The van der Waals surface area contributed by atoms with Crippen molar-refractivity contribution in [3.63, 3.8) is 0 Å². The SMILES string of the molecule is c1ccc(Cc2ccccc2Nc2ccc3c(c2)C(c2ccccc2)(c2ccccc2)c2ccccc2-3)cc1. The zero-order valence-corrected chi connectivity index (χ0v) is 21.7. The van der Waals surface area contributed by atoms with E-state index in [2.05, 4.69) is 163 Å². The van der Waals surface area contributed by atoms with E-state index < -0.39 is 5.41 Å². The second-order valence-electron chi connectivity index (χ2n) is 10.2. The highest BCUT2D eigenvalue weighted by Gasteiger charge is 2.45. The second-order valence-corrected chi connectivity index (χ2v) is 10.2. The summed E-state index contributed by atoms with van der Waals surface area (Å²) >= 11 is 0. The van der Waals surface area contributed by atoms with E-state index in [-0.39, 0.29) is 0 Å². The monoisotopic (exact) mass is 499 g/mol. The fraction of sp³-hybridized carbons (Fsp3) is 0.0526. The van der Waals surface area contributed by atoms with Crippen LogP contribution in [0.3, 0.4) is 0 Å². The van der Waals surface area contributed by atoms with Gasteiger partial charge in [-0.2, -0.15) is 0 Å². The van der Waals surface area contributed by atoms with Gasteiger partial charge in [0, 0.05) is 11.4 Å². The summed E-state index contributed by atoms with van der Waals surface area (Å²) in [5.41, 5.74) is 12.2. The van der Waals surface area contributed by atoms with Crippen LogP contribution in [-0.2, 0) is 11.8 Å². The highest BCUT2D eigenvalue weighted by molar-refractivity contribution is 5.88. The van der Waals surface area contributed by atoms with Gasteiger partial charge in [0.2, 0.25) is 0 Å². The topological polar surface area (TPSA) is 12.0 Å². The lowest BCUT2D eigenvalue weighted by Crippen LogP contribution is -2.28. The summed E-state index contributed by atoms with van der Waals surface area (Å²) in [6, 6.07) is 57.0. The van der Waals surface area contributed by atoms with Crippen molar-refractivity contribution in [2.24, 2.45) is 0 Å². The van der Waals surface area contributed by atoms with Crippen LogP contribution in [0.15, 0.2) is 158 Å². The quantitative estimate of drug-likeness (QED) is 0.240. The molecule has 0 spiro atoms. The molecule has 0 aromatic heterocycles. The molecule has 0 amide bonds. The number of rotatable bonds is 6. The van der Waals surface area contributed by atoms with Gasteiger partial charge in [-0.3, -0.25) is 0 Å². The molecule has 7 rings (SSSR count). The molecule has 0 radical (unpaired) electrons. The summed E-state index contributed by atoms with van der Waals surface area (Å²) in [6.07, 6.45) is 0.887. The largest absolute Gasteiger partial charge is 0.355 e. The van der Waals surface area contributed by atoms with Gasteiger partial charge in [0.15, 0.2) is 0 Å². The molecule has 0 unspecified atom stereocenters. The van der Waals surface area contributed by atoms with Crippen molar-refractivity contribution in [3.05, 3.63) is 191 Å². The Balaban J connectivity index is 1.39. The summed E-state index contributed by atoms with van der Waals surface area (Å²) in [5.74, 6) is 0. The Labute approximate surface area is 230 Å². The Morgan fingerprint density at radius 3 is 1.74 bits per heavy atom. The van der Waals surface area contributed by atoms with Crippen molar-refractivity contribution in [1.29, 1.82) is 0 Å². The summed E-state index contributed by atoms with van der Waals surface area (Å²) in [5, 5.41) is 3.79. The molecule has 186 valence electrons. The predicted octanol–water partition coefficient (Wildman–Crippen LogP) is 9.38. The second kappa shape index (κ2) is 9.78. The van der Waals surface area contributed by atoms with Gasteiger partial charge in [-0.25, -0.2) is 0 Å². The molecular formula is C38H29N. The fourth-order valence-electron chi connectivity index (χ4n) is 6.29. The Kier molecular flexibility index (Phi) is 5.83. The number of para-hydroxylation sites is 1. The molecule has 6 aromatic rings. The summed E-state index contributed by atoms with van der Waals surface area (Å²) in [7, 11) is 0. The van der Waals surface area contributed by atoms with Crippen molar-refractivity contribution in [1.82, 2.24) is 0 Å². The number of anilines is 2. The Bertz CT molecular complexity index is 1700. The maximum atomic E-state index is 3.79. The third kappa shape index (κ3) is 3.95. The number of nitrogens with one attached hydrogen (secondary N) is 1. The third-order valence-corrected chi connectivity index (χ3v) is 7.99. The molecule has 1 heteroatoms. The highest BCUT2D eigenvalue weighted by atomic mass is 14.9. The van der Waals surface area contributed by atoms with E-state index in [1.165, 1.54) is 44.5 Å². The van der Waals surface area contributed by atoms with Gasteiger partial charge in [-0.1, -0.05) is 140 Å². The van der Waals surface area contributed by atoms with Gasteiger partial charge in [0.05, 0.1) is 5.41 Å². The van der Waals surface area contributed by atoms with Crippen LogP contribution in [0.2, 0.25) is 0 Å². The molecule has 0 saturated carbocycles. The third-order valence-electron chi connectivity index (χ3n) is 7.99. The maximum absolute atomic E-state index is 3.79. The molecule has 1 N–H and O–H groups in total. The lowest BCUT2D eigenvalue weighted by atomic mass is 9.67. The van der Waals surface area contributed by atoms with Crippen LogP contribution >= 0.6 is 0 Å². The van der Waals surface area contributed by atoms with Gasteiger partial charge in [-0.05, 0) is 69.1 Å². The van der Waals surface area contributed by atoms with Crippen molar-refractivity contribution in [2.75, 3.05) is 5.32 Å². The maximum Gasteiger partial charge on any atom is 0.0714 e. The molecule has 6 aromatic carbocycles. The minimum absolute atomic E-state index is 0.393. The molecule has 0 fully saturated rings. The number of hydrogen-bond donors (Lipinski definition) is 1. The van der Waals surface area contributed by atoms with Crippen molar-refractivity contribution in [3.8, 4) is 11.1 Å². The number of fused-ring (bicyclic) bond motifs is 3. The van der Waals surface area contributed by atoms with Crippen LogP contribution in [0.1, 0.15) is 33.4 Å². The zero-order chi connectivity index (χ0) is 26.1. The first-order valence-corrected chi connectivity index (χ1v) is 13.6. The minimum Gasteiger partial charge on any atom is -0.355 e. The first kappa shape index (κ1) is 23.3. The lowest BCUT2D eigenvalue weighted by molar-refractivity contribution is 0.769.